The average molecular weight is 237 g/mol. The maximum atomic E-state index is 8.57. The molecule has 0 amide bonds. The highest BCUT2D eigenvalue weighted by atomic mass is 16.5. The Balaban J connectivity index is 2.20. The Morgan fingerprint density at radius 1 is 1.24 bits per heavy atom. The Morgan fingerprint density at radius 3 is 2.65 bits per heavy atom. The molecule has 0 spiro atoms. The molecule has 0 aliphatic carbocycles. The number of rotatable bonds is 9. The number of aliphatic hydroxyl groups excluding tert-OH is 1. The van der Waals surface area contributed by atoms with E-state index >= 15 is 0 Å². The molecular weight excluding hydrogens is 214 g/mol. The Morgan fingerprint density at radius 2 is 2.00 bits per heavy atom. The van der Waals surface area contributed by atoms with Crippen molar-refractivity contribution in [1.82, 2.24) is 5.32 Å². The lowest BCUT2D eigenvalue weighted by atomic mass is 10.0. The third-order valence-electron chi connectivity index (χ3n) is 2.73. The fraction of sp³-hybridized carbons (Fsp3) is 0.571. The molecule has 0 aliphatic rings. The summed E-state index contributed by atoms with van der Waals surface area (Å²) in [7, 11) is 0. The Hall–Kier alpha value is -0.900. The molecule has 0 aromatic heterocycles. The van der Waals surface area contributed by atoms with Crippen LogP contribution in [0.3, 0.4) is 0 Å². The van der Waals surface area contributed by atoms with Crippen molar-refractivity contribution >= 4 is 0 Å². The molecule has 1 rings (SSSR count). The van der Waals surface area contributed by atoms with Gasteiger partial charge in [-0.15, -0.1) is 0 Å². The first-order chi connectivity index (χ1) is 8.36. The number of benzene rings is 1. The number of hydrogen-bond acceptors (Lipinski definition) is 3. The highest BCUT2D eigenvalue weighted by Gasteiger charge is 2.05. The molecule has 1 unspecified atom stereocenters. The van der Waals surface area contributed by atoms with Gasteiger partial charge in [0, 0.05) is 12.6 Å². The monoisotopic (exact) mass is 237 g/mol. The van der Waals surface area contributed by atoms with Gasteiger partial charge >= 0.3 is 0 Å². The van der Waals surface area contributed by atoms with Crippen molar-refractivity contribution in [3.8, 4) is 0 Å². The zero-order chi connectivity index (χ0) is 12.3. The second kappa shape index (κ2) is 9.16. The van der Waals surface area contributed by atoms with Crippen LogP contribution in [-0.2, 0) is 11.2 Å². The van der Waals surface area contributed by atoms with Crippen LogP contribution in [0, 0.1) is 0 Å². The molecule has 1 atom stereocenters. The average Bonchev–Trinajstić information content (AvgIpc) is 2.38. The van der Waals surface area contributed by atoms with E-state index in [0.29, 0.717) is 19.3 Å². The minimum Gasteiger partial charge on any atom is -0.394 e. The highest BCUT2D eigenvalue weighted by molar-refractivity contribution is 5.15. The van der Waals surface area contributed by atoms with Crippen LogP contribution in [0.1, 0.15) is 18.9 Å². The minimum absolute atomic E-state index is 0.0984. The van der Waals surface area contributed by atoms with Gasteiger partial charge < -0.3 is 15.2 Å². The standard InChI is InChI=1S/C14H23NO2/c1-2-14(15-8-10-17-11-9-16)12-13-6-4-3-5-7-13/h3-7,14-16H,2,8-12H2,1H3. The van der Waals surface area contributed by atoms with Crippen LogP contribution in [0.25, 0.3) is 0 Å². The summed E-state index contributed by atoms with van der Waals surface area (Å²) in [6.07, 6.45) is 2.16. The molecule has 0 radical (unpaired) electrons. The molecule has 1 aromatic carbocycles. The molecule has 17 heavy (non-hydrogen) atoms. The van der Waals surface area contributed by atoms with E-state index < -0.39 is 0 Å². The molecule has 3 nitrogen and oxygen atoms in total. The van der Waals surface area contributed by atoms with Gasteiger partial charge in [-0.1, -0.05) is 37.3 Å². The van der Waals surface area contributed by atoms with Crippen molar-refractivity contribution < 1.29 is 9.84 Å². The molecule has 96 valence electrons. The molecule has 0 bridgehead atoms. The lowest BCUT2D eigenvalue weighted by molar-refractivity contribution is 0.0925. The summed E-state index contributed by atoms with van der Waals surface area (Å²) in [5.74, 6) is 0. The zero-order valence-corrected chi connectivity index (χ0v) is 10.6. The van der Waals surface area contributed by atoms with E-state index in [1.54, 1.807) is 0 Å². The van der Waals surface area contributed by atoms with E-state index in [4.69, 9.17) is 9.84 Å². The van der Waals surface area contributed by atoms with Crippen LogP contribution >= 0.6 is 0 Å². The topological polar surface area (TPSA) is 41.5 Å². The van der Waals surface area contributed by atoms with Gasteiger partial charge in [-0.2, -0.15) is 0 Å². The molecule has 0 saturated carbocycles. The van der Waals surface area contributed by atoms with E-state index in [-0.39, 0.29) is 6.61 Å². The van der Waals surface area contributed by atoms with Crippen molar-refractivity contribution in [3.63, 3.8) is 0 Å². The lowest BCUT2D eigenvalue weighted by Crippen LogP contribution is -2.33. The molecule has 1 aromatic rings. The Kier molecular flexibility index (Phi) is 7.63. The summed E-state index contributed by atoms with van der Waals surface area (Å²) >= 11 is 0. The van der Waals surface area contributed by atoms with Crippen LogP contribution in [-0.4, -0.2) is 37.5 Å². The van der Waals surface area contributed by atoms with Gasteiger partial charge in [0.2, 0.25) is 0 Å². The molecule has 0 heterocycles. The van der Waals surface area contributed by atoms with Gasteiger partial charge in [0.15, 0.2) is 0 Å². The SMILES string of the molecule is CCC(Cc1ccccc1)NCCOCCO. The number of aliphatic hydroxyl groups is 1. The Labute approximate surface area is 104 Å². The summed E-state index contributed by atoms with van der Waals surface area (Å²) in [5, 5.41) is 12.0. The fourth-order valence-electron chi connectivity index (χ4n) is 1.76. The van der Waals surface area contributed by atoms with Gasteiger partial charge in [0.05, 0.1) is 19.8 Å². The summed E-state index contributed by atoms with van der Waals surface area (Å²) in [6.45, 7) is 4.21. The van der Waals surface area contributed by atoms with Gasteiger partial charge in [-0.3, -0.25) is 0 Å². The second-order valence-corrected chi connectivity index (χ2v) is 4.08. The van der Waals surface area contributed by atoms with Crippen molar-refractivity contribution in [2.45, 2.75) is 25.8 Å². The first kappa shape index (κ1) is 14.2. The molecule has 0 fully saturated rings. The first-order valence-corrected chi connectivity index (χ1v) is 6.32. The number of ether oxygens (including phenoxy) is 1. The van der Waals surface area contributed by atoms with Gasteiger partial charge in [0.1, 0.15) is 0 Å². The first-order valence-electron chi connectivity index (χ1n) is 6.32. The quantitative estimate of drug-likeness (QED) is 0.641. The fourth-order valence-corrected chi connectivity index (χ4v) is 1.76. The molecule has 0 aliphatic heterocycles. The Bertz CT molecular complexity index is 277. The van der Waals surface area contributed by atoms with Crippen LogP contribution < -0.4 is 5.32 Å². The van der Waals surface area contributed by atoms with E-state index in [2.05, 4.69) is 36.5 Å². The van der Waals surface area contributed by atoms with E-state index in [1.165, 1.54) is 5.56 Å². The van der Waals surface area contributed by atoms with Gasteiger partial charge in [0.25, 0.3) is 0 Å². The van der Waals surface area contributed by atoms with Crippen LogP contribution in [0.5, 0.6) is 0 Å². The van der Waals surface area contributed by atoms with Crippen LogP contribution in [0.2, 0.25) is 0 Å². The summed E-state index contributed by atoms with van der Waals surface area (Å²) in [6, 6.07) is 11.0. The summed E-state index contributed by atoms with van der Waals surface area (Å²) in [4.78, 5) is 0. The van der Waals surface area contributed by atoms with Crippen molar-refractivity contribution in [1.29, 1.82) is 0 Å². The van der Waals surface area contributed by atoms with Crippen molar-refractivity contribution in [2.75, 3.05) is 26.4 Å². The third-order valence-corrected chi connectivity index (χ3v) is 2.73. The van der Waals surface area contributed by atoms with Crippen molar-refractivity contribution in [3.05, 3.63) is 35.9 Å². The van der Waals surface area contributed by atoms with Gasteiger partial charge in [-0.25, -0.2) is 0 Å². The maximum Gasteiger partial charge on any atom is 0.0698 e. The smallest absolute Gasteiger partial charge is 0.0698 e. The largest absolute Gasteiger partial charge is 0.394 e. The molecule has 2 N–H and O–H groups in total. The van der Waals surface area contributed by atoms with E-state index in [9.17, 15) is 0 Å². The van der Waals surface area contributed by atoms with Gasteiger partial charge in [-0.05, 0) is 18.4 Å². The predicted molar refractivity (Wildman–Crippen MR) is 70.1 cm³/mol. The van der Waals surface area contributed by atoms with Crippen LogP contribution in [0.15, 0.2) is 30.3 Å². The number of hydrogen-bond donors (Lipinski definition) is 2. The summed E-state index contributed by atoms with van der Waals surface area (Å²) < 4.78 is 5.22. The predicted octanol–water partition coefficient (Wildman–Crippen LogP) is 1.61. The summed E-state index contributed by atoms with van der Waals surface area (Å²) in [5.41, 5.74) is 1.36. The molecule has 3 heteroatoms. The minimum atomic E-state index is 0.0984. The van der Waals surface area contributed by atoms with E-state index in [0.717, 1.165) is 19.4 Å². The lowest BCUT2D eigenvalue weighted by Gasteiger charge is -2.17. The van der Waals surface area contributed by atoms with Crippen molar-refractivity contribution in [2.24, 2.45) is 0 Å². The normalized spacial score (nSPS) is 12.6. The molecule has 0 saturated heterocycles. The number of nitrogens with one attached hydrogen (secondary N) is 1. The zero-order valence-electron chi connectivity index (χ0n) is 10.6. The highest BCUT2D eigenvalue weighted by Crippen LogP contribution is 2.05. The van der Waals surface area contributed by atoms with E-state index in [1.807, 2.05) is 6.07 Å². The third kappa shape index (κ3) is 6.41. The van der Waals surface area contributed by atoms with Crippen LogP contribution in [0.4, 0.5) is 0 Å². The maximum absolute atomic E-state index is 8.57. The molecular formula is C14H23NO2. The second-order valence-electron chi connectivity index (χ2n) is 4.08.